The smallest absolute Gasteiger partial charge is 0.191 e. The highest BCUT2D eigenvalue weighted by Crippen LogP contribution is 2.48. The molecule has 1 fully saturated rings. The number of nitrogens with zero attached hydrogens (tertiary/aromatic N) is 2. The van der Waals surface area contributed by atoms with Crippen molar-refractivity contribution in [1.29, 1.82) is 0 Å². The van der Waals surface area contributed by atoms with Crippen molar-refractivity contribution in [2.45, 2.75) is 78.5 Å². The van der Waals surface area contributed by atoms with Crippen LogP contribution < -0.4 is 10.6 Å². The second-order valence-electron chi connectivity index (χ2n) is 7.12. The lowest BCUT2D eigenvalue weighted by Crippen LogP contribution is -2.65. The van der Waals surface area contributed by atoms with Crippen molar-refractivity contribution in [3.63, 3.8) is 0 Å². The molecule has 1 saturated carbocycles. The molecule has 0 bridgehead atoms. The molecular formula is C19H35IN4O2. The number of nitrogens with one attached hydrogen (secondary N) is 2. The minimum absolute atomic E-state index is 0. The van der Waals surface area contributed by atoms with Gasteiger partial charge in [-0.1, -0.05) is 32.9 Å². The van der Waals surface area contributed by atoms with E-state index in [2.05, 4.69) is 55.4 Å². The Bertz CT molecular complexity index is 570. The molecule has 1 aromatic heterocycles. The molecule has 0 aliphatic heterocycles. The summed E-state index contributed by atoms with van der Waals surface area (Å²) in [7, 11) is 1.80. The van der Waals surface area contributed by atoms with Gasteiger partial charge in [0, 0.05) is 31.2 Å². The predicted octanol–water partition coefficient (Wildman–Crippen LogP) is 4.06. The van der Waals surface area contributed by atoms with Crippen LogP contribution in [-0.4, -0.2) is 36.9 Å². The van der Waals surface area contributed by atoms with Crippen LogP contribution in [0.5, 0.6) is 0 Å². The molecule has 2 N–H and O–H groups in total. The Morgan fingerprint density at radius 1 is 1.38 bits per heavy atom. The summed E-state index contributed by atoms with van der Waals surface area (Å²) in [6.45, 7) is 12.1. The lowest BCUT2D eigenvalue weighted by atomic mass is 9.58. The maximum Gasteiger partial charge on any atom is 0.191 e. The van der Waals surface area contributed by atoms with Crippen LogP contribution in [0.15, 0.2) is 15.6 Å². The molecule has 7 heteroatoms. The first-order valence-electron chi connectivity index (χ1n) is 9.54. The fourth-order valence-electron chi connectivity index (χ4n) is 3.80. The monoisotopic (exact) mass is 478 g/mol. The molecule has 0 spiro atoms. The molecule has 1 aromatic rings. The first-order chi connectivity index (χ1) is 12.0. The van der Waals surface area contributed by atoms with E-state index < -0.39 is 0 Å². The lowest BCUT2D eigenvalue weighted by Gasteiger charge is -2.55. The van der Waals surface area contributed by atoms with Crippen LogP contribution in [-0.2, 0) is 11.3 Å². The molecule has 2 atom stereocenters. The second kappa shape index (κ2) is 10.5. The number of aromatic nitrogens is 1. The van der Waals surface area contributed by atoms with Crippen molar-refractivity contribution in [3.8, 4) is 0 Å². The zero-order chi connectivity index (χ0) is 18.4. The SMILES string of the molecule is CCOC1CC(NC(=NC)NCc2cc(C(C)C)no2)C1(CC)CC.I. The van der Waals surface area contributed by atoms with E-state index in [0.29, 0.717) is 24.6 Å². The maximum absolute atomic E-state index is 5.95. The van der Waals surface area contributed by atoms with Gasteiger partial charge in [0.2, 0.25) is 0 Å². The Morgan fingerprint density at radius 3 is 2.58 bits per heavy atom. The van der Waals surface area contributed by atoms with Gasteiger partial charge in [0.25, 0.3) is 0 Å². The van der Waals surface area contributed by atoms with E-state index in [1.165, 1.54) is 0 Å². The molecule has 0 aromatic carbocycles. The first kappa shape index (κ1) is 23.2. The van der Waals surface area contributed by atoms with Crippen LogP contribution in [0.25, 0.3) is 0 Å². The van der Waals surface area contributed by atoms with Crippen molar-refractivity contribution < 1.29 is 9.26 Å². The van der Waals surface area contributed by atoms with Crippen LogP contribution in [0.1, 0.15) is 71.3 Å². The van der Waals surface area contributed by atoms with Gasteiger partial charge in [-0.3, -0.25) is 4.99 Å². The maximum atomic E-state index is 5.95. The number of hydrogen-bond acceptors (Lipinski definition) is 4. The Balaban J connectivity index is 0.00000338. The molecule has 0 radical (unpaired) electrons. The molecule has 0 saturated heterocycles. The van der Waals surface area contributed by atoms with Crippen LogP contribution in [0.4, 0.5) is 0 Å². The van der Waals surface area contributed by atoms with Gasteiger partial charge in [-0.2, -0.15) is 0 Å². The summed E-state index contributed by atoms with van der Waals surface area (Å²) in [5, 5.41) is 11.0. The number of guanidine groups is 1. The average molecular weight is 478 g/mol. The van der Waals surface area contributed by atoms with Crippen molar-refractivity contribution >= 4 is 29.9 Å². The summed E-state index contributed by atoms with van der Waals surface area (Å²) in [5.74, 6) is 1.99. The third-order valence-electron chi connectivity index (χ3n) is 5.60. The zero-order valence-electron chi connectivity index (χ0n) is 17.0. The first-order valence-corrected chi connectivity index (χ1v) is 9.54. The highest BCUT2D eigenvalue weighted by Gasteiger charge is 2.53. The number of rotatable bonds is 8. The molecule has 1 aliphatic carbocycles. The Kier molecular flexibility index (Phi) is 9.36. The Labute approximate surface area is 174 Å². The highest BCUT2D eigenvalue weighted by molar-refractivity contribution is 14.0. The number of halogens is 1. The molecule has 150 valence electrons. The van der Waals surface area contributed by atoms with Gasteiger partial charge >= 0.3 is 0 Å². The van der Waals surface area contributed by atoms with Gasteiger partial charge in [0.1, 0.15) is 0 Å². The van der Waals surface area contributed by atoms with E-state index in [1.807, 2.05) is 6.07 Å². The summed E-state index contributed by atoms with van der Waals surface area (Å²) >= 11 is 0. The molecule has 6 nitrogen and oxygen atoms in total. The number of hydrogen-bond donors (Lipinski definition) is 2. The van der Waals surface area contributed by atoms with Crippen molar-refractivity contribution in [2.75, 3.05) is 13.7 Å². The van der Waals surface area contributed by atoms with Crippen molar-refractivity contribution in [3.05, 3.63) is 17.5 Å². The predicted molar refractivity (Wildman–Crippen MR) is 116 cm³/mol. The average Bonchev–Trinajstić information content (AvgIpc) is 3.07. The van der Waals surface area contributed by atoms with Gasteiger partial charge in [-0.25, -0.2) is 0 Å². The van der Waals surface area contributed by atoms with Crippen molar-refractivity contribution in [1.82, 2.24) is 15.8 Å². The van der Waals surface area contributed by atoms with Gasteiger partial charge in [-0.15, -0.1) is 24.0 Å². The summed E-state index contributed by atoms with van der Waals surface area (Å²) < 4.78 is 11.3. The summed E-state index contributed by atoms with van der Waals surface area (Å²) in [5.41, 5.74) is 1.17. The van der Waals surface area contributed by atoms with Gasteiger partial charge in [0.15, 0.2) is 11.7 Å². The van der Waals surface area contributed by atoms with E-state index in [9.17, 15) is 0 Å². The fraction of sp³-hybridized carbons (Fsp3) is 0.789. The van der Waals surface area contributed by atoms with E-state index in [-0.39, 0.29) is 29.4 Å². The molecule has 1 aliphatic rings. The minimum atomic E-state index is 0. The molecule has 0 amide bonds. The largest absolute Gasteiger partial charge is 0.378 e. The van der Waals surface area contributed by atoms with Crippen molar-refractivity contribution in [2.24, 2.45) is 10.4 Å². The normalized spacial score (nSPS) is 21.9. The third kappa shape index (κ3) is 4.91. The Morgan fingerprint density at radius 2 is 2.08 bits per heavy atom. The Hall–Kier alpha value is -0.830. The molecule has 2 unspecified atom stereocenters. The molecule has 26 heavy (non-hydrogen) atoms. The van der Waals surface area contributed by atoms with Crippen LogP contribution in [0, 0.1) is 5.41 Å². The number of aliphatic imine (C=N–C) groups is 1. The molecular weight excluding hydrogens is 443 g/mol. The van der Waals surface area contributed by atoms with Crippen LogP contribution >= 0.6 is 24.0 Å². The standard InChI is InChI=1S/C19H34N4O2.HI/c1-7-19(8-2)16(11-17(19)24-9-3)22-18(20-6)21-12-14-10-15(13(4)5)23-25-14;/h10,13,16-17H,7-9,11-12H2,1-6H3,(H2,20,21,22);1H. The van der Waals surface area contributed by atoms with E-state index in [0.717, 1.165) is 43.3 Å². The summed E-state index contributed by atoms with van der Waals surface area (Å²) in [6, 6.07) is 2.38. The molecule has 1 heterocycles. The fourth-order valence-corrected chi connectivity index (χ4v) is 3.80. The molecule has 2 rings (SSSR count). The third-order valence-corrected chi connectivity index (χ3v) is 5.60. The quantitative estimate of drug-likeness (QED) is 0.335. The van der Waals surface area contributed by atoms with Gasteiger partial charge in [0.05, 0.1) is 18.3 Å². The topological polar surface area (TPSA) is 71.7 Å². The van der Waals surface area contributed by atoms with E-state index in [4.69, 9.17) is 9.26 Å². The lowest BCUT2D eigenvalue weighted by molar-refractivity contribution is -0.133. The minimum Gasteiger partial charge on any atom is -0.378 e. The second-order valence-corrected chi connectivity index (χ2v) is 7.12. The van der Waals surface area contributed by atoms with E-state index in [1.54, 1.807) is 7.05 Å². The highest BCUT2D eigenvalue weighted by atomic mass is 127. The van der Waals surface area contributed by atoms with Crippen LogP contribution in [0.2, 0.25) is 0 Å². The summed E-state index contributed by atoms with van der Waals surface area (Å²) in [4.78, 5) is 4.36. The van der Waals surface area contributed by atoms with Crippen LogP contribution in [0.3, 0.4) is 0 Å². The zero-order valence-corrected chi connectivity index (χ0v) is 19.3. The summed E-state index contributed by atoms with van der Waals surface area (Å²) in [6.07, 6.45) is 3.56. The van der Waals surface area contributed by atoms with E-state index >= 15 is 0 Å². The number of ether oxygens (including phenoxy) is 1. The van der Waals surface area contributed by atoms with Gasteiger partial charge < -0.3 is 19.9 Å². The van der Waals surface area contributed by atoms with Gasteiger partial charge in [-0.05, 0) is 32.1 Å².